The van der Waals surface area contributed by atoms with Crippen LogP contribution in [0, 0.1) is 5.82 Å². The van der Waals surface area contributed by atoms with Gasteiger partial charge in [0, 0.05) is 29.9 Å². The van der Waals surface area contributed by atoms with Crippen LogP contribution in [0.5, 0.6) is 5.75 Å². The van der Waals surface area contributed by atoms with E-state index in [1.165, 1.54) is 6.07 Å². The summed E-state index contributed by atoms with van der Waals surface area (Å²) in [5.41, 5.74) is 2.05. The van der Waals surface area contributed by atoms with Gasteiger partial charge in [0.15, 0.2) is 0 Å². The zero-order chi connectivity index (χ0) is 18.1. The van der Waals surface area contributed by atoms with Gasteiger partial charge < -0.3 is 10.1 Å². The van der Waals surface area contributed by atoms with Crippen molar-refractivity contribution in [3.05, 3.63) is 60.5 Å². The van der Waals surface area contributed by atoms with Gasteiger partial charge in [0.25, 0.3) is 0 Å². The van der Waals surface area contributed by atoms with E-state index in [2.05, 4.69) is 34.8 Å². The molecular weight excluding hydrogens is 337 g/mol. The Hall–Kier alpha value is -2.31. The Morgan fingerprint density at radius 1 is 1.12 bits per heavy atom. The van der Waals surface area contributed by atoms with Crippen molar-refractivity contribution in [3.8, 4) is 5.75 Å². The molecule has 4 nitrogen and oxygen atoms in total. The van der Waals surface area contributed by atoms with E-state index in [4.69, 9.17) is 4.74 Å². The molecule has 1 aromatic heterocycles. The molecule has 1 heterocycles. The molecule has 0 spiro atoms. The number of fused-ring (bicyclic) bond motifs is 1. The number of methoxy groups -OCH3 is 1. The zero-order valence-electron chi connectivity index (χ0n) is 14.3. The molecule has 6 heteroatoms. The lowest BCUT2D eigenvalue weighted by Crippen LogP contribution is -1.96. The third-order valence-corrected chi connectivity index (χ3v) is 3.68. The van der Waals surface area contributed by atoms with Crippen molar-refractivity contribution in [2.45, 2.75) is 13.3 Å². The first-order valence-electron chi connectivity index (χ1n) is 8.00. The SMILES string of the molecule is CCCNS.COc1ccc2c(Nc3ccccc3F)ccnc2c1. The van der Waals surface area contributed by atoms with Crippen LogP contribution < -0.4 is 14.8 Å². The van der Waals surface area contributed by atoms with Crippen molar-refractivity contribution in [1.82, 2.24) is 9.71 Å². The standard InChI is InChI=1S/C16H13FN2O.C3H9NS/c1-20-11-6-7-12-14(8-9-18-16(12)10-11)19-15-5-3-2-4-13(15)17;1-2-3-4-5/h2-10H,1H3,(H,18,19);4-5H,2-3H2,1H3. The average molecular weight is 359 g/mol. The molecule has 0 radical (unpaired) electrons. The fourth-order valence-electron chi connectivity index (χ4n) is 2.18. The van der Waals surface area contributed by atoms with Crippen molar-refractivity contribution in [2.75, 3.05) is 19.0 Å². The van der Waals surface area contributed by atoms with Crippen molar-refractivity contribution >= 4 is 35.1 Å². The molecule has 0 bridgehead atoms. The number of anilines is 2. The molecule has 0 atom stereocenters. The molecule has 3 aromatic rings. The van der Waals surface area contributed by atoms with Crippen LogP contribution in [0.4, 0.5) is 15.8 Å². The minimum Gasteiger partial charge on any atom is -0.497 e. The minimum absolute atomic E-state index is 0.286. The fourth-order valence-corrected chi connectivity index (χ4v) is 2.41. The maximum Gasteiger partial charge on any atom is 0.146 e. The molecule has 0 aliphatic rings. The second-order valence-electron chi connectivity index (χ2n) is 5.25. The molecular formula is C19H22FN3OS. The van der Waals surface area contributed by atoms with Crippen LogP contribution in [0.25, 0.3) is 10.9 Å². The fraction of sp³-hybridized carbons (Fsp3) is 0.211. The summed E-state index contributed by atoms with van der Waals surface area (Å²) in [6.45, 7) is 3.10. The van der Waals surface area contributed by atoms with Crippen LogP contribution in [-0.2, 0) is 0 Å². The Labute approximate surface area is 153 Å². The van der Waals surface area contributed by atoms with Crippen LogP contribution in [-0.4, -0.2) is 18.6 Å². The number of nitrogens with zero attached hydrogens (tertiary/aromatic N) is 1. The highest BCUT2D eigenvalue weighted by atomic mass is 32.1. The van der Waals surface area contributed by atoms with E-state index in [-0.39, 0.29) is 5.82 Å². The highest BCUT2D eigenvalue weighted by Gasteiger charge is 2.06. The Bertz CT molecular complexity index is 812. The van der Waals surface area contributed by atoms with E-state index >= 15 is 0 Å². The predicted molar refractivity (Wildman–Crippen MR) is 105 cm³/mol. The van der Waals surface area contributed by atoms with Gasteiger partial charge in [-0.15, -0.1) is 0 Å². The van der Waals surface area contributed by atoms with E-state index in [9.17, 15) is 4.39 Å². The Kier molecular flexibility index (Phi) is 7.50. The quantitative estimate of drug-likeness (QED) is 0.564. The summed E-state index contributed by atoms with van der Waals surface area (Å²) >= 11 is 3.75. The number of aromatic nitrogens is 1. The molecule has 0 amide bonds. The molecule has 132 valence electrons. The van der Waals surface area contributed by atoms with E-state index in [0.717, 1.165) is 35.3 Å². The summed E-state index contributed by atoms with van der Waals surface area (Å²) in [7, 11) is 1.61. The molecule has 0 aliphatic carbocycles. The van der Waals surface area contributed by atoms with E-state index in [0.29, 0.717) is 5.69 Å². The van der Waals surface area contributed by atoms with Gasteiger partial charge in [0.1, 0.15) is 11.6 Å². The smallest absolute Gasteiger partial charge is 0.146 e. The topological polar surface area (TPSA) is 46.2 Å². The molecule has 2 N–H and O–H groups in total. The van der Waals surface area contributed by atoms with Gasteiger partial charge in [-0.05, 0) is 36.8 Å². The molecule has 2 aromatic carbocycles. The average Bonchev–Trinajstić information content (AvgIpc) is 2.64. The lowest BCUT2D eigenvalue weighted by atomic mass is 10.1. The van der Waals surface area contributed by atoms with E-state index in [1.807, 2.05) is 24.3 Å². The monoisotopic (exact) mass is 359 g/mol. The van der Waals surface area contributed by atoms with Gasteiger partial charge >= 0.3 is 0 Å². The summed E-state index contributed by atoms with van der Waals surface area (Å²) < 4.78 is 21.6. The Morgan fingerprint density at radius 2 is 1.92 bits per heavy atom. The number of rotatable bonds is 5. The van der Waals surface area contributed by atoms with Gasteiger partial charge in [-0.25, -0.2) is 4.39 Å². The highest BCUT2D eigenvalue weighted by molar-refractivity contribution is 7.78. The molecule has 0 aliphatic heterocycles. The van der Waals surface area contributed by atoms with Crippen LogP contribution in [0.1, 0.15) is 13.3 Å². The molecule has 0 saturated heterocycles. The van der Waals surface area contributed by atoms with Gasteiger partial charge in [0.2, 0.25) is 0 Å². The van der Waals surface area contributed by atoms with Crippen LogP contribution in [0.15, 0.2) is 54.7 Å². The van der Waals surface area contributed by atoms with E-state index in [1.54, 1.807) is 31.5 Å². The first kappa shape index (κ1) is 19.0. The number of hydrogen-bond donors (Lipinski definition) is 3. The number of benzene rings is 2. The molecule has 25 heavy (non-hydrogen) atoms. The summed E-state index contributed by atoms with van der Waals surface area (Å²) in [5, 5.41) is 4.01. The van der Waals surface area contributed by atoms with Crippen LogP contribution in [0.2, 0.25) is 0 Å². The third-order valence-electron chi connectivity index (χ3n) is 3.45. The number of halogens is 1. The highest BCUT2D eigenvalue weighted by Crippen LogP contribution is 2.28. The number of pyridine rings is 1. The van der Waals surface area contributed by atoms with Gasteiger partial charge in [-0.3, -0.25) is 9.71 Å². The Balaban J connectivity index is 0.000000399. The van der Waals surface area contributed by atoms with Crippen molar-refractivity contribution in [3.63, 3.8) is 0 Å². The maximum absolute atomic E-state index is 13.7. The second-order valence-corrected chi connectivity index (χ2v) is 5.57. The van der Waals surface area contributed by atoms with Crippen LogP contribution >= 0.6 is 12.8 Å². The normalized spacial score (nSPS) is 10.1. The zero-order valence-corrected chi connectivity index (χ0v) is 15.2. The van der Waals surface area contributed by atoms with Gasteiger partial charge in [-0.1, -0.05) is 31.9 Å². The molecule has 0 fully saturated rings. The van der Waals surface area contributed by atoms with Gasteiger partial charge in [0.05, 0.1) is 18.3 Å². The number of nitrogens with one attached hydrogen (secondary N) is 2. The maximum atomic E-state index is 13.7. The first-order valence-corrected chi connectivity index (χ1v) is 8.45. The van der Waals surface area contributed by atoms with Crippen molar-refractivity contribution in [2.24, 2.45) is 0 Å². The number of para-hydroxylation sites is 1. The lowest BCUT2D eigenvalue weighted by Gasteiger charge is -2.10. The summed E-state index contributed by atoms with van der Waals surface area (Å²) in [6, 6.07) is 14.0. The summed E-state index contributed by atoms with van der Waals surface area (Å²) in [5.74, 6) is 0.457. The van der Waals surface area contributed by atoms with Gasteiger partial charge in [-0.2, -0.15) is 0 Å². The Morgan fingerprint density at radius 3 is 2.56 bits per heavy atom. The minimum atomic E-state index is -0.286. The van der Waals surface area contributed by atoms with Crippen molar-refractivity contribution < 1.29 is 9.13 Å². The third kappa shape index (κ3) is 5.34. The second kappa shape index (κ2) is 9.86. The van der Waals surface area contributed by atoms with E-state index < -0.39 is 0 Å². The first-order chi connectivity index (χ1) is 12.2. The number of hydrogen-bond acceptors (Lipinski definition) is 5. The summed E-state index contributed by atoms with van der Waals surface area (Å²) in [4.78, 5) is 4.30. The predicted octanol–water partition coefficient (Wildman–Crippen LogP) is 4.96. The lowest BCUT2D eigenvalue weighted by molar-refractivity contribution is 0.415. The molecule has 0 saturated carbocycles. The largest absolute Gasteiger partial charge is 0.497 e. The molecule has 3 rings (SSSR count). The number of ether oxygens (including phenoxy) is 1. The van der Waals surface area contributed by atoms with Crippen molar-refractivity contribution in [1.29, 1.82) is 0 Å². The van der Waals surface area contributed by atoms with Crippen LogP contribution in [0.3, 0.4) is 0 Å². The summed E-state index contributed by atoms with van der Waals surface area (Å²) in [6.07, 6.45) is 2.84. The molecule has 0 unspecified atom stereocenters. The number of thiol groups is 1.